The van der Waals surface area contributed by atoms with E-state index >= 15 is 0 Å². The van der Waals surface area contributed by atoms with Gasteiger partial charge in [-0.25, -0.2) is 0 Å². The van der Waals surface area contributed by atoms with Crippen LogP contribution in [0.1, 0.15) is 6.42 Å². The van der Waals surface area contributed by atoms with Gasteiger partial charge in [0.05, 0.1) is 0 Å². The first-order valence-electron chi connectivity index (χ1n) is 3.94. The average molecular weight is 171 g/mol. The zero-order chi connectivity index (χ0) is 9.14. The number of rotatable bonds is 1. The van der Waals surface area contributed by atoms with E-state index in [0.717, 1.165) is 6.42 Å². The Morgan fingerprint density at radius 3 is 2.58 bits per heavy atom. The second-order valence-corrected chi connectivity index (χ2v) is 3.01. The number of carbonyl (C=O) groups is 2. The lowest BCUT2D eigenvalue weighted by Crippen LogP contribution is -2.39. The zero-order valence-electron chi connectivity index (χ0n) is 6.82. The zero-order valence-corrected chi connectivity index (χ0v) is 6.82. The molecule has 0 aliphatic carbocycles. The van der Waals surface area contributed by atoms with Gasteiger partial charge in [0.15, 0.2) is 0 Å². The molecule has 0 bridgehead atoms. The van der Waals surface area contributed by atoms with Crippen LogP contribution in [0.15, 0.2) is 0 Å². The molecule has 1 fully saturated rings. The molecule has 5 nitrogen and oxygen atoms in total. The van der Waals surface area contributed by atoms with Gasteiger partial charge in [0.1, 0.15) is 0 Å². The van der Waals surface area contributed by atoms with Crippen LogP contribution < -0.4 is 11.5 Å². The van der Waals surface area contributed by atoms with E-state index in [1.165, 1.54) is 4.90 Å². The smallest absolute Gasteiger partial charge is 0.311 e. The van der Waals surface area contributed by atoms with Crippen LogP contribution in [0.5, 0.6) is 0 Å². The average Bonchev–Trinajstić information content (AvgIpc) is 2.50. The van der Waals surface area contributed by atoms with E-state index in [9.17, 15) is 9.59 Å². The molecule has 5 heteroatoms. The summed E-state index contributed by atoms with van der Waals surface area (Å²) in [6, 6.07) is 0. The van der Waals surface area contributed by atoms with Crippen LogP contribution in [0.25, 0.3) is 0 Å². The van der Waals surface area contributed by atoms with Crippen LogP contribution in [0.3, 0.4) is 0 Å². The molecular weight excluding hydrogens is 158 g/mol. The van der Waals surface area contributed by atoms with Gasteiger partial charge in [0.25, 0.3) is 0 Å². The number of amides is 2. The first-order valence-corrected chi connectivity index (χ1v) is 3.94. The monoisotopic (exact) mass is 171 g/mol. The molecule has 0 aromatic carbocycles. The van der Waals surface area contributed by atoms with Crippen LogP contribution in [0.2, 0.25) is 0 Å². The minimum Gasteiger partial charge on any atom is -0.361 e. The van der Waals surface area contributed by atoms with Gasteiger partial charge in [0, 0.05) is 13.1 Å². The second-order valence-electron chi connectivity index (χ2n) is 3.01. The van der Waals surface area contributed by atoms with Gasteiger partial charge in [-0.2, -0.15) is 0 Å². The van der Waals surface area contributed by atoms with Gasteiger partial charge in [-0.15, -0.1) is 0 Å². The molecule has 4 N–H and O–H groups in total. The Labute approximate surface area is 70.7 Å². The summed E-state index contributed by atoms with van der Waals surface area (Å²) in [5, 5.41) is 0. The molecule has 1 unspecified atom stereocenters. The van der Waals surface area contributed by atoms with E-state index in [0.29, 0.717) is 25.6 Å². The molecule has 1 atom stereocenters. The number of hydrogen-bond donors (Lipinski definition) is 2. The van der Waals surface area contributed by atoms with E-state index < -0.39 is 11.8 Å². The molecule has 1 aliphatic rings. The first kappa shape index (κ1) is 8.99. The number of hydrogen-bond acceptors (Lipinski definition) is 3. The fourth-order valence-electron chi connectivity index (χ4n) is 1.37. The molecule has 1 rings (SSSR count). The van der Waals surface area contributed by atoms with Crippen molar-refractivity contribution >= 4 is 11.8 Å². The number of nitrogens with two attached hydrogens (primary N) is 2. The number of carbonyl (C=O) groups excluding carboxylic acids is 2. The number of primary amides is 1. The predicted octanol–water partition coefficient (Wildman–Crippen LogP) is -1.72. The standard InChI is InChI=1S/C7H13N3O2/c8-3-5-1-2-10(4-5)7(12)6(9)11/h5H,1-4,8H2,(H2,9,11). The lowest BCUT2D eigenvalue weighted by molar-refractivity contribution is -0.143. The molecular formula is C7H13N3O2. The van der Waals surface area contributed by atoms with Crippen molar-refractivity contribution in [1.82, 2.24) is 4.90 Å². The maximum Gasteiger partial charge on any atom is 0.311 e. The van der Waals surface area contributed by atoms with Gasteiger partial charge in [-0.1, -0.05) is 0 Å². The summed E-state index contributed by atoms with van der Waals surface area (Å²) in [4.78, 5) is 23.0. The molecule has 1 heterocycles. The van der Waals surface area contributed by atoms with E-state index in [4.69, 9.17) is 11.5 Å². The minimum absolute atomic E-state index is 0.327. The highest BCUT2D eigenvalue weighted by Gasteiger charge is 2.27. The van der Waals surface area contributed by atoms with Crippen LogP contribution in [0.4, 0.5) is 0 Å². The highest BCUT2D eigenvalue weighted by Crippen LogP contribution is 2.14. The second kappa shape index (κ2) is 3.53. The fourth-order valence-corrected chi connectivity index (χ4v) is 1.37. The van der Waals surface area contributed by atoms with Crippen molar-refractivity contribution < 1.29 is 9.59 Å². The highest BCUT2D eigenvalue weighted by atomic mass is 16.2. The molecule has 1 saturated heterocycles. The molecule has 12 heavy (non-hydrogen) atoms. The Kier molecular flexibility index (Phi) is 2.65. The highest BCUT2D eigenvalue weighted by molar-refractivity contribution is 6.34. The number of nitrogens with zero attached hydrogens (tertiary/aromatic N) is 1. The lowest BCUT2D eigenvalue weighted by Gasteiger charge is -2.13. The van der Waals surface area contributed by atoms with Crippen molar-refractivity contribution in [3.8, 4) is 0 Å². The van der Waals surface area contributed by atoms with E-state index in [1.54, 1.807) is 0 Å². The summed E-state index contributed by atoms with van der Waals surface area (Å²) in [6.45, 7) is 1.73. The Balaban J connectivity index is 2.46. The summed E-state index contributed by atoms with van der Waals surface area (Å²) in [6.07, 6.45) is 0.871. The summed E-state index contributed by atoms with van der Waals surface area (Å²) in [5.41, 5.74) is 10.3. The fraction of sp³-hybridized carbons (Fsp3) is 0.714. The summed E-state index contributed by atoms with van der Waals surface area (Å²) < 4.78 is 0. The van der Waals surface area contributed by atoms with Crippen molar-refractivity contribution in [2.75, 3.05) is 19.6 Å². The molecule has 2 amide bonds. The van der Waals surface area contributed by atoms with Gasteiger partial charge in [-0.05, 0) is 18.9 Å². The van der Waals surface area contributed by atoms with Gasteiger partial charge in [-0.3, -0.25) is 9.59 Å². The molecule has 1 aliphatic heterocycles. The summed E-state index contributed by atoms with van der Waals surface area (Å²) in [7, 11) is 0. The van der Waals surface area contributed by atoms with Gasteiger partial charge < -0.3 is 16.4 Å². The molecule has 0 aromatic heterocycles. The quantitative estimate of drug-likeness (QED) is 0.460. The summed E-state index contributed by atoms with van der Waals surface area (Å²) >= 11 is 0. The SMILES string of the molecule is NCC1CCN(C(=O)C(N)=O)C1. The molecule has 0 aromatic rings. The Bertz CT molecular complexity index is 205. The van der Waals surface area contributed by atoms with Crippen molar-refractivity contribution in [1.29, 1.82) is 0 Å². The van der Waals surface area contributed by atoms with Crippen LogP contribution in [-0.2, 0) is 9.59 Å². The molecule has 68 valence electrons. The third-order valence-electron chi connectivity index (χ3n) is 2.12. The van der Waals surface area contributed by atoms with Crippen LogP contribution >= 0.6 is 0 Å². The minimum atomic E-state index is -0.882. The maximum atomic E-state index is 11.0. The molecule has 0 radical (unpaired) electrons. The summed E-state index contributed by atoms with van der Waals surface area (Å²) in [5.74, 6) is -1.15. The predicted molar refractivity (Wildman–Crippen MR) is 42.9 cm³/mol. The van der Waals surface area contributed by atoms with Crippen LogP contribution in [0, 0.1) is 5.92 Å². The van der Waals surface area contributed by atoms with E-state index in [2.05, 4.69) is 0 Å². The van der Waals surface area contributed by atoms with Crippen LogP contribution in [-0.4, -0.2) is 36.3 Å². The molecule has 0 saturated carbocycles. The lowest BCUT2D eigenvalue weighted by atomic mass is 10.1. The van der Waals surface area contributed by atoms with Gasteiger partial charge in [0.2, 0.25) is 0 Å². The number of likely N-dealkylation sites (tertiary alicyclic amines) is 1. The normalized spacial score (nSPS) is 22.8. The third-order valence-corrected chi connectivity index (χ3v) is 2.12. The van der Waals surface area contributed by atoms with Gasteiger partial charge >= 0.3 is 11.8 Å². The van der Waals surface area contributed by atoms with E-state index in [-0.39, 0.29) is 0 Å². The van der Waals surface area contributed by atoms with Crippen molar-refractivity contribution in [3.63, 3.8) is 0 Å². The Hall–Kier alpha value is -1.10. The third kappa shape index (κ3) is 1.73. The topological polar surface area (TPSA) is 89.4 Å². The largest absolute Gasteiger partial charge is 0.361 e. The van der Waals surface area contributed by atoms with Crippen molar-refractivity contribution in [3.05, 3.63) is 0 Å². The Morgan fingerprint density at radius 1 is 1.50 bits per heavy atom. The van der Waals surface area contributed by atoms with Crippen molar-refractivity contribution in [2.45, 2.75) is 6.42 Å². The van der Waals surface area contributed by atoms with E-state index in [1.807, 2.05) is 0 Å². The Morgan fingerprint density at radius 2 is 2.17 bits per heavy atom. The molecule has 0 spiro atoms. The maximum absolute atomic E-state index is 11.0. The first-order chi connectivity index (χ1) is 5.65. The van der Waals surface area contributed by atoms with Crippen molar-refractivity contribution in [2.24, 2.45) is 17.4 Å².